The average Bonchev–Trinajstić information content (AvgIpc) is 2.78. The molecule has 0 aliphatic carbocycles. The molecule has 2 aromatic rings. The van der Waals surface area contributed by atoms with Crippen molar-refractivity contribution in [2.24, 2.45) is 5.92 Å². The first-order chi connectivity index (χ1) is 14.8. The van der Waals surface area contributed by atoms with Crippen LogP contribution in [0, 0.1) is 5.92 Å². The van der Waals surface area contributed by atoms with E-state index in [0.717, 1.165) is 0 Å². The second-order valence-electron chi connectivity index (χ2n) is 8.02. The summed E-state index contributed by atoms with van der Waals surface area (Å²) in [7, 11) is -3.44. The molecule has 0 N–H and O–H groups in total. The van der Waals surface area contributed by atoms with Gasteiger partial charge in [-0.1, -0.05) is 44.2 Å². The Labute approximate surface area is 183 Å². The quantitative estimate of drug-likeness (QED) is 0.683. The van der Waals surface area contributed by atoms with Crippen LogP contribution in [0.4, 0.5) is 4.79 Å². The molecule has 2 aromatic carbocycles. The Bertz CT molecular complexity index is 996. The molecule has 2 amide bonds. The highest BCUT2D eigenvalue weighted by atomic mass is 32.2. The number of carbonyl (C=O) groups is 2. The second-order valence-corrected chi connectivity index (χ2v) is 10.0. The minimum Gasteiger partial charge on any atom is -0.449 e. The van der Waals surface area contributed by atoms with Gasteiger partial charge < -0.3 is 14.5 Å². The predicted octanol–water partition coefficient (Wildman–Crippen LogP) is 3.21. The summed E-state index contributed by atoms with van der Waals surface area (Å²) in [6.45, 7) is 6.05. The zero-order chi connectivity index (χ0) is 22.4. The zero-order valence-electron chi connectivity index (χ0n) is 17.9. The zero-order valence-corrected chi connectivity index (χ0v) is 18.7. The van der Waals surface area contributed by atoms with Gasteiger partial charge in [0.25, 0.3) is 5.91 Å². The highest BCUT2D eigenvalue weighted by Gasteiger charge is 2.26. The smallest absolute Gasteiger partial charge is 0.409 e. The lowest BCUT2D eigenvalue weighted by Crippen LogP contribution is -2.50. The van der Waals surface area contributed by atoms with Crippen molar-refractivity contribution in [3.63, 3.8) is 0 Å². The number of sulfone groups is 1. The Kier molecular flexibility index (Phi) is 7.33. The van der Waals surface area contributed by atoms with Crippen LogP contribution >= 0.6 is 0 Å². The second kappa shape index (κ2) is 9.96. The average molecular weight is 445 g/mol. The first kappa shape index (κ1) is 22.8. The van der Waals surface area contributed by atoms with Gasteiger partial charge in [-0.05, 0) is 35.7 Å². The lowest BCUT2D eigenvalue weighted by atomic mass is 10.1. The highest BCUT2D eigenvalue weighted by Crippen LogP contribution is 2.17. The first-order valence-corrected chi connectivity index (χ1v) is 12.0. The maximum atomic E-state index is 12.8. The van der Waals surface area contributed by atoms with E-state index in [-0.39, 0.29) is 28.6 Å². The predicted molar refractivity (Wildman–Crippen MR) is 117 cm³/mol. The summed E-state index contributed by atoms with van der Waals surface area (Å²) < 4.78 is 30.3. The summed E-state index contributed by atoms with van der Waals surface area (Å²) in [5.41, 5.74) is 1.12. The molecule has 31 heavy (non-hydrogen) atoms. The summed E-state index contributed by atoms with van der Waals surface area (Å²) in [5.74, 6) is 0.0213. The molecule has 8 heteroatoms. The Balaban J connectivity index is 1.56. The van der Waals surface area contributed by atoms with E-state index in [0.29, 0.717) is 43.9 Å². The molecule has 1 aliphatic heterocycles. The van der Waals surface area contributed by atoms with Crippen molar-refractivity contribution >= 4 is 21.8 Å². The fourth-order valence-electron chi connectivity index (χ4n) is 3.28. The van der Waals surface area contributed by atoms with E-state index in [1.165, 1.54) is 0 Å². The van der Waals surface area contributed by atoms with Gasteiger partial charge in [-0.25, -0.2) is 13.2 Å². The number of hydrogen-bond acceptors (Lipinski definition) is 5. The van der Waals surface area contributed by atoms with Crippen LogP contribution in [-0.4, -0.2) is 63.0 Å². The molecule has 1 fully saturated rings. The number of hydrogen-bond donors (Lipinski definition) is 0. The number of rotatable bonds is 6. The van der Waals surface area contributed by atoms with E-state index in [1.807, 2.05) is 13.8 Å². The molecular formula is C23H28N2O5S. The summed E-state index contributed by atoms with van der Waals surface area (Å²) in [6.07, 6.45) is -0.343. The lowest BCUT2D eigenvalue weighted by Gasteiger charge is -2.34. The van der Waals surface area contributed by atoms with E-state index < -0.39 is 9.84 Å². The summed E-state index contributed by atoms with van der Waals surface area (Å²) in [5, 5.41) is 0. The number of piperazine rings is 1. The van der Waals surface area contributed by atoms with Gasteiger partial charge in [0.2, 0.25) is 0 Å². The molecule has 0 aromatic heterocycles. The molecule has 166 valence electrons. The van der Waals surface area contributed by atoms with Gasteiger partial charge in [0.05, 0.1) is 17.3 Å². The van der Waals surface area contributed by atoms with Crippen molar-refractivity contribution in [2.45, 2.75) is 24.5 Å². The van der Waals surface area contributed by atoms with Crippen molar-refractivity contribution in [1.29, 1.82) is 0 Å². The van der Waals surface area contributed by atoms with Crippen LogP contribution in [0.5, 0.6) is 0 Å². The number of ether oxygens (including phenoxy) is 1. The van der Waals surface area contributed by atoms with E-state index in [1.54, 1.807) is 64.4 Å². The molecule has 3 rings (SSSR count). The standard InChI is InChI=1S/C23H28N2O5S/c1-18(2)16-30-23(27)25-14-12-24(13-15-25)22(26)20-10-8-19(9-11-20)17-31(28,29)21-6-4-3-5-7-21/h3-11,18H,12-17H2,1-2H3. The molecule has 7 nitrogen and oxygen atoms in total. The first-order valence-electron chi connectivity index (χ1n) is 10.3. The van der Waals surface area contributed by atoms with Crippen molar-refractivity contribution in [3.8, 4) is 0 Å². The van der Waals surface area contributed by atoms with Crippen molar-refractivity contribution in [2.75, 3.05) is 32.8 Å². The Hall–Kier alpha value is -2.87. The Morgan fingerprint density at radius 3 is 2.06 bits per heavy atom. The van der Waals surface area contributed by atoms with E-state index in [4.69, 9.17) is 4.74 Å². The van der Waals surface area contributed by atoms with Gasteiger partial charge >= 0.3 is 6.09 Å². The molecule has 0 spiro atoms. The normalized spacial score (nSPS) is 14.5. The Morgan fingerprint density at radius 1 is 0.903 bits per heavy atom. The molecular weight excluding hydrogens is 416 g/mol. The van der Waals surface area contributed by atoms with Crippen molar-refractivity contribution < 1.29 is 22.7 Å². The molecule has 0 bridgehead atoms. The molecule has 0 unspecified atom stereocenters. The Morgan fingerprint density at radius 2 is 1.48 bits per heavy atom. The van der Waals surface area contributed by atoms with Gasteiger partial charge in [-0.3, -0.25) is 4.79 Å². The number of nitrogens with zero attached hydrogens (tertiary/aromatic N) is 2. The van der Waals surface area contributed by atoms with Crippen LogP contribution < -0.4 is 0 Å². The maximum absolute atomic E-state index is 12.8. The van der Waals surface area contributed by atoms with E-state index in [9.17, 15) is 18.0 Å². The third-order valence-electron chi connectivity index (χ3n) is 5.03. The SMILES string of the molecule is CC(C)COC(=O)N1CCN(C(=O)c2ccc(CS(=O)(=O)c3ccccc3)cc2)CC1. The van der Waals surface area contributed by atoms with Crippen LogP contribution in [-0.2, 0) is 20.3 Å². The van der Waals surface area contributed by atoms with Gasteiger partial charge in [-0.15, -0.1) is 0 Å². The molecule has 1 heterocycles. The summed E-state index contributed by atoms with van der Waals surface area (Å²) in [6, 6.07) is 15.0. The molecule has 0 atom stereocenters. The van der Waals surface area contributed by atoms with Gasteiger partial charge in [0.15, 0.2) is 9.84 Å². The van der Waals surface area contributed by atoms with Gasteiger partial charge in [0.1, 0.15) is 0 Å². The third kappa shape index (κ3) is 6.07. The topological polar surface area (TPSA) is 84.0 Å². The van der Waals surface area contributed by atoms with Crippen LogP contribution in [0.25, 0.3) is 0 Å². The monoisotopic (exact) mass is 444 g/mol. The van der Waals surface area contributed by atoms with E-state index in [2.05, 4.69) is 0 Å². The molecule has 1 saturated heterocycles. The van der Waals surface area contributed by atoms with Crippen molar-refractivity contribution in [3.05, 3.63) is 65.7 Å². The van der Waals surface area contributed by atoms with Gasteiger partial charge in [0, 0.05) is 31.7 Å². The van der Waals surface area contributed by atoms with Crippen molar-refractivity contribution in [1.82, 2.24) is 9.80 Å². The van der Waals surface area contributed by atoms with Crippen LogP contribution in [0.2, 0.25) is 0 Å². The molecule has 0 radical (unpaired) electrons. The highest BCUT2D eigenvalue weighted by molar-refractivity contribution is 7.90. The lowest BCUT2D eigenvalue weighted by molar-refractivity contribution is 0.0535. The number of benzene rings is 2. The number of carbonyl (C=O) groups excluding carboxylic acids is 2. The molecule has 1 aliphatic rings. The van der Waals surface area contributed by atoms with Gasteiger partial charge in [-0.2, -0.15) is 0 Å². The summed E-state index contributed by atoms with van der Waals surface area (Å²) >= 11 is 0. The molecule has 0 saturated carbocycles. The largest absolute Gasteiger partial charge is 0.449 e. The maximum Gasteiger partial charge on any atom is 0.409 e. The number of amides is 2. The van der Waals surface area contributed by atoms with Crippen LogP contribution in [0.3, 0.4) is 0 Å². The minimum atomic E-state index is -3.44. The minimum absolute atomic E-state index is 0.122. The third-order valence-corrected chi connectivity index (χ3v) is 6.73. The van der Waals surface area contributed by atoms with E-state index >= 15 is 0 Å². The summed E-state index contributed by atoms with van der Waals surface area (Å²) in [4.78, 5) is 28.4. The van der Waals surface area contributed by atoms with Crippen LogP contribution in [0.1, 0.15) is 29.8 Å². The van der Waals surface area contributed by atoms with Crippen LogP contribution in [0.15, 0.2) is 59.5 Å². The fourth-order valence-corrected chi connectivity index (χ4v) is 4.65. The fraction of sp³-hybridized carbons (Fsp3) is 0.391.